The van der Waals surface area contributed by atoms with E-state index in [-0.39, 0.29) is 11.8 Å². The van der Waals surface area contributed by atoms with Gasteiger partial charge >= 0.3 is 0 Å². The normalized spacial score (nSPS) is 14.3. The molecule has 2 amide bonds. The van der Waals surface area contributed by atoms with Crippen LogP contribution in [0.5, 0.6) is 0 Å². The van der Waals surface area contributed by atoms with Crippen molar-refractivity contribution in [3.63, 3.8) is 0 Å². The smallest absolute Gasteiger partial charge is 0.282 e. The van der Waals surface area contributed by atoms with E-state index in [1.54, 1.807) is 0 Å². The molecule has 0 saturated carbocycles. The molecule has 0 aliphatic carbocycles. The Labute approximate surface area is 174 Å². The van der Waals surface area contributed by atoms with Crippen molar-refractivity contribution in [2.24, 2.45) is 0 Å². The number of nitrogens with zero attached hydrogens (tertiary/aromatic N) is 1. The molecule has 1 aromatic heterocycles. The van der Waals surface area contributed by atoms with Gasteiger partial charge in [-0.15, -0.1) is 11.3 Å². The van der Waals surface area contributed by atoms with Gasteiger partial charge in [-0.25, -0.2) is 4.90 Å². The molecule has 0 unspecified atom stereocenters. The molecule has 0 atom stereocenters. The fourth-order valence-electron chi connectivity index (χ4n) is 3.39. The number of aryl methyl sites for hydroxylation is 1. The minimum atomic E-state index is -0.334. The molecule has 29 heavy (non-hydrogen) atoms. The molecule has 3 aromatic rings. The van der Waals surface area contributed by atoms with Crippen molar-refractivity contribution in [2.45, 2.75) is 26.7 Å². The largest absolute Gasteiger partial charge is 0.350 e. The highest BCUT2D eigenvalue weighted by atomic mass is 32.1. The molecule has 0 saturated heterocycles. The Morgan fingerprint density at radius 3 is 2.24 bits per heavy atom. The van der Waals surface area contributed by atoms with E-state index < -0.39 is 0 Å². The summed E-state index contributed by atoms with van der Waals surface area (Å²) in [5, 5.41) is 5.14. The second-order valence-electron chi connectivity index (χ2n) is 7.36. The van der Waals surface area contributed by atoms with Crippen LogP contribution in [0.2, 0.25) is 0 Å². The van der Waals surface area contributed by atoms with Crippen molar-refractivity contribution in [2.75, 3.05) is 10.2 Å². The van der Waals surface area contributed by atoms with E-state index in [2.05, 4.69) is 19.2 Å². The third-order valence-corrected chi connectivity index (χ3v) is 5.96. The number of carbonyl (C=O) groups excluding carboxylic acids is 2. The van der Waals surface area contributed by atoms with Crippen LogP contribution in [0, 0.1) is 6.92 Å². The fourth-order valence-corrected chi connectivity index (χ4v) is 4.15. The monoisotopic (exact) mass is 402 g/mol. The van der Waals surface area contributed by atoms with Crippen LogP contribution in [0.3, 0.4) is 0 Å². The maximum atomic E-state index is 13.3. The second-order valence-corrected chi connectivity index (χ2v) is 8.31. The minimum Gasteiger partial charge on any atom is -0.350 e. The van der Waals surface area contributed by atoms with Crippen LogP contribution >= 0.6 is 11.3 Å². The van der Waals surface area contributed by atoms with E-state index >= 15 is 0 Å². The lowest BCUT2D eigenvalue weighted by Crippen LogP contribution is -2.32. The number of hydrogen-bond donors (Lipinski definition) is 1. The number of hydrogen-bond acceptors (Lipinski definition) is 4. The average Bonchev–Trinajstić information content (AvgIpc) is 3.31. The van der Waals surface area contributed by atoms with Crippen molar-refractivity contribution in [1.82, 2.24) is 0 Å². The number of carbonyl (C=O) groups is 2. The first-order valence-electron chi connectivity index (χ1n) is 9.57. The third-order valence-electron chi connectivity index (χ3n) is 5.07. The molecule has 4 rings (SSSR count). The van der Waals surface area contributed by atoms with Gasteiger partial charge in [0.2, 0.25) is 0 Å². The van der Waals surface area contributed by atoms with E-state index in [1.807, 2.05) is 73.0 Å². The summed E-state index contributed by atoms with van der Waals surface area (Å²) in [4.78, 5) is 28.7. The fraction of sp³-hybridized carbons (Fsp3) is 0.167. The highest BCUT2D eigenvalue weighted by Crippen LogP contribution is 2.36. The Balaban J connectivity index is 1.77. The van der Waals surface area contributed by atoms with Crippen molar-refractivity contribution in [3.8, 4) is 0 Å². The first-order chi connectivity index (χ1) is 14.0. The van der Waals surface area contributed by atoms with Crippen molar-refractivity contribution < 1.29 is 9.59 Å². The summed E-state index contributed by atoms with van der Waals surface area (Å²) in [5.41, 5.74) is 4.30. The number of nitrogens with one attached hydrogen (secondary N) is 1. The predicted molar refractivity (Wildman–Crippen MR) is 119 cm³/mol. The number of amides is 2. The molecule has 4 nitrogen and oxygen atoms in total. The SMILES string of the molecule is Cc1ccccc1NC1=C(c2cccs2)C(=O)N(c2ccc(C(C)C)cc2)C1=O. The van der Waals surface area contributed by atoms with E-state index in [0.717, 1.165) is 21.7 Å². The molecule has 0 fully saturated rings. The van der Waals surface area contributed by atoms with E-state index in [1.165, 1.54) is 16.2 Å². The van der Waals surface area contributed by atoms with Crippen LogP contribution in [0.4, 0.5) is 11.4 Å². The molecular weight excluding hydrogens is 380 g/mol. The molecule has 1 aliphatic rings. The number of thiophene rings is 1. The molecule has 2 aromatic carbocycles. The van der Waals surface area contributed by atoms with Gasteiger partial charge in [0.1, 0.15) is 5.70 Å². The highest BCUT2D eigenvalue weighted by Gasteiger charge is 2.40. The summed E-state index contributed by atoms with van der Waals surface area (Å²) in [7, 11) is 0. The van der Waals surface area contributed by atoms with Gasteiger partial charge < -0.3 is 5.32 Å². The first kappa shape index (κ1) is 19.2. The number of rotatable bonds is 5. The third kappa shape index (κ3) is 3.49. The average molecular weight is 403 g/mol. The number of imide groups is 1. The molecule has 1 aliphatic heterocycles. The van der Waals surface area contributed by atoms with Gasteiger partial charge in [0.05, 0.1) is 11.3 Å². The van der Waals surface area contributed by atoms with Crippen molar-refractivity contribution in [1.29, 1.82) is 0 Å². The number of para-hydroxylation sites is 1. The van der Waals surface area contributed by atoms with Gasteiger partial charge in [0.25, 0.3) is 11.8 Å². The molecule has 0 bridgehead atoms. The maximum absolute atomic E-state index is 13.3. The summed E-state index contributed by atoms with van der Waals surface area (Å²) < 4.78 is 0. The molecule has 0 radical (unpaired) electrons. The Morgan fingerprint density at radius 1 is 0.897 bits per heavy atom. The van der Waals surface area contributed by atoms with Gasteiger partial charge in [-0.3, -0.25) is 9.59 Å². The van der Waals surface area contributed by atoms with Gasteiger partial charge in [-0.2, -0.15) is 0 Å². The van der Waals surface area contributed by atoms with Crippen molar-refractivity contribution >= 4 is 40.1 Å². The molecule has 0 spiro atoms. The zero-order chi connectivity index (χ0) is 20.5. The van der Waals surface area contributed by atoms with Crippen LogP contribution in [0.25, 0.3) is 5.57 Å². The summed E-state index contributed by atoms with van der Waals surface area (Å²) in [6.45, 7) is 6.20. The number of benzene rings is 2. The van der Waals surface area contributed by atoms with E-state index in [9.17, 15) is 9.59 Å². The molecule has 146 valence electrons. The van der Waals surface area contributed by atoms with Crippen LogP contribution in [-0.4, -0.2) is 11.8 Å². The van der Waals surface area contributed by atoms with Crippen LogP contribution in [-0.2, 0) is 9.59 Å². The number of anilines is 2. The van der Waals surface area contributed by atoms with Crippen LogP contribution in [0.15, 0.2) is 71.7 Å². The lowest BCUT2D eigenvalue weighted by molar-refractivity contribution is -0.120. The summed E-state index contributed by atoms with van der Waals surface area (Å²) in [6, 6.07) is 19.1. The second kappa shape index (κ2) is 7.68. The topological polar surface area (TPSA) is 49.4 Å². The van der Waals surface area contributed by atoms with Crippen LogP contribution in [0.1, 0.15) is 35.8 Å². The Morgan fingerprint density at radius 2 is 1.62 bits per heavy atom. The molecular formula is C24H22N2O2S. The zero-order valence-electron chi connectivity index (χ0n) is 16.6. The van der Waals surface area contributed by atoms with Gasteiger partial charge in [0.15, 0.2) is 0 Å². The van der Waals surface area contributed by atoms with Gasteiger partial charge in [-0.05, 0) is 53.6 Å². The zero-order valence-corrected chi connectivity index (χ0v) is 17.4. The maximum Gasteiger partial charge on any atom is 0.282 e. The van der Waals surface area contributed by atoms with Gasteiger partial charge in [0, 0.05) is 10.6 Å². The first-order valence-corrected chi connectivity index (χ1v) is 10.4. The van der Waals surface area contributed by atoms with E-state index in [0.29, 0.717) is 22.9 Å². The summed E-state index contributed by atoms with van der Waals surface area (Å²) in [6.07, 6.45) is 0. The Bertz CT molecular complexity index is 1100. The minimum absolute atomic E-state index is 0.300. The molecule has 2 heterocycles. The van der Waals surface area contributed by atoms with Crippen molar-refractivity contribution in [3.05, 3.63) is 87.7 Å². The van der Waals surface area contributed by atoms with Crippen LogP contribution < -0.4 is 10.2 Å². The lowest BCUT2D eigenvalue weighted by atomic mass is 10.0. The lowest BCUT2D eigenvalue weighted by Gasteiger charge is -2.17. The Hall–Kier alpha value is -3.18. The standard InChI is InChI=1S/C24H22N2O2S/c1-15(2)17-10-12-18(13-11-17)26-23(27)21(20-9-6-14-29-20)22(24(26)28)25-19-8-5-4-7-16(19)3/h4-15,25H,1-3H3. The summed E-state index contributed by atoms with van der Waals surface area (Å²) >= 11 is 1.45. The van der Waals surface area contributed by atoms with Gasteiger partial charge in [-0.1, -0.05) is 50.2 Å². The molecule has 1 N–H and O–H groups in total. The van der Waals surface area contributed by atoms with E-state index in [4.69, 9.17) is 0 Å². The highest BCUT2D eigenvalue weighted by molar-refractivity contribution is 7.11. The molecule has 5 heteroatoms. The Kier molecular flexibility index (Phi) is 5.07. The summed E-state index contributed by atoms with van der Waals surface area (Å²) in [5.74, 6) is -0.253. The predicted octanol–water partition coefficient (Wildman–Crippen LogP) is 5.58. The quantitative estimate of drug-likeness (QED) is 0.567.